The summed E-state index contributed by atoms with van der Waals surface area (Å²) in [5.41, 5.74) is 2.25. The first-order valence-corrected chi connectivity index (χ1v) is 13.3. The van der Waals surface area contributed by atoms with Crippen molar-refractivity contribution in [2.24, 2.45) is 5.92 Å². The molecule has 0 aromatic heterocycles. The van der Waals surface area contributed by atoms with E-state index in [2.05, 4.69) is 38.7 Å². The molecular formula is C30H40O6. The predicted molar refractivity (Wildman–Crippen MR) is 138 cm³/mol. The molecular weight excluding hydrogens is 456 g/mol. The van der Waals surface area contributed by atoms with Gasteiger partial charge in [-0.3, -0.25) is 4.79 Å². The molecule has 4 aliphatic heterocycles. The van der Waals surface area contributed by atoms with Crippen molar-refractivity contribution in [3.8, 4) is 0 Å². The highest BCUT2D eigenvalue weighted by molar-refractivity contribution is 5.82. The van der Waals surface area contributed by atoms with Crippen LogP contribution in [0, 0.1) is 5.92 Å². The van der Waals surface area contributed by atoms with E-state index >= 15 is 0 Å². The smallest absolute Gasteiger partial charge is 0.330 e. The maximum Gasteiger partial charge on any atom is 0.330 e. The number of carbonyl (C=O) groups is 2. The van der Waals surface area contributed by atoms with Crippen molar-refractivity contribution in [2.75, 3.05) is 6.61 Å². The van der Waals surface area contributed by atoms with Gasteiger partial charge in [0.25, 0.3) is 0 Å². The molecule has 1 saturated heterocycles. The predicted octanol–water partition coefficient (Wildman–Crippen LogP) is 5.34. The number of ether oxygens (including phenoxy) is 4. The molecule has 4 rings (SSSR count). The van der Waals surface area contributed by atoms with Crippen molar-refractivity contribution in [1.29, 1.82) is 0 Å². The normalized spacial score (nSPS) is 37.8. The highest BCUT2D eigenvalue weighted by Crippen LogP contribution is 2.30. The van der Waals surface area contributed by atoms with Crippen LogP contribution in [0.15, 0.2) is 60.3 Å². The summed E-state index contributed by atoms with van der Waals surface area (Å²) in [5, 5.41) is 0. The van der Waals surface area contributed by atoms with E-state index in [1.807, 2.05) is 18.2 Å². The summed E-state index contributed by atoms with van der Waals surface area (Å²) in [4.78, 5) is 25.5. The monoisotopic (exact) mass is 496 g/mol. The van der Waals surface area contributed by atoms with Gasteiger partial charge in [0.15, 0.2) is 0 Å². The first-order chi connectivity index (χ1) is 17.3. The van der Waals surface area contributed by atoms with Crippen LogP contribution in [-0.2, 0) is 28.5 Å². The van der Waals surface area contributed by atoms with Crippen molar-refractivity contribution in [3.63, 3.8) is 0 Å². The summed E-state index contributed by atoms with van der Waals surface area (Å²) >= 11 is 0. The van der Waals surface area contributed by atoms with E-state index in [0.717, 1.165) is 31.3 Å². The molecule has 0 spiro atoms. The molecule has 4 aliphatic rings. The SMILES string of the molecule is C=C1CC(=O)CC2CC(OC(=O)/C=C\CC3C=CCC(CC(C)C1)O3)C(/C=C/C1CC(C)=CCO1)O2. The zero-order valence-corrected chi connectivity index (χ0v) is 21.6. The Morgan fingerprint density at radius 3 is 2.69 bits per heavy atom. The number of allylic oxidation sites excluding steroid dienone is 1. The largest absolute Gasteiger partial charge is 0.456 e. The minimum Gasteiger partial charge on any atom is -0.456 e. The van der Waals surface area contributed by atoms with Gasteiger partial charge in [-0.15, -0.1) is 0 Å². The first kappa shape index (κ1) is 26.8. The molecule has 6 nitrogen and oxygen atoms in total. The van der Waals surface area contributed by atoms with E-state index in [-0.39, 0.29) is 30.2 Å². The van der Waals surface area contributed by atoms with Crippen molar-refractivity contribution < 1.29 is 28.5 Å². The number of carbonyl (C=O) groups excluding carboxylic acids is 2. The van der Waals surface area contributed by atoms with Gasteiger partial charge in [-0.2, -0.15) is 0 Å². The van der Waals surface area contributed by atoms with Gasteiger partial charge in [-0.1, -0.05) is 61.1 Å². The average Bonchev–Trinajstić information content (AvgIpc) is 3.17. The summed E-state index contributed by atoms with van der Waals surface area (Å²) in [7, 11) is 0. The van der Waals surface area contributed by atoms with Crippen LogP contribution in [0.5, 0.6) is 0 Å². The van der Waals surface area contributed by atoms with Crippen LogP contribution < -0.4 is 0 Å². The maximum absolute atomic E-state index is 12.8. The van der Waals surface area contributed by atoms with Gasteiger partial charge in [0.1, 0.15) is 18.0 Å². The number of hydrogen-bond donors (Lipinski definition) is 0. The third-order valence-corrected chi connectivity index (χ3v) is 7.20. The fourth-order valence-electron chi connectivity index (χ4n) is 5.51. The Balaban J connectivity index is 1.46. The molecule has 196 valence electrons. The first-order valence-electron chi connectivity index (χ1n) is 13.3. The van der Waals surface area contributed by atoms with E-state index in [1.54, 1.807) is 0 Å². The Labute approximate surface area is 215 Å². The van der Waals surface area contributed by atoms with Crippen LogP contribution in [-0.4, -0.2) is 55.0 Å². The second-order valence-electron chi connectivity index (χ2n) is 10.8. The summed E-state index contributed by atoms with van der Waals surface area (Å²) in [6.07, 6.45) is 17.6. The molecule has 0 aliphatic carbocycles. The number of fused-ring (bicyclic) bond motifs is 4. The molecule has 1 fully saturated rings. The lowest BCUT2D eigenvalue weighted by atomic mass is 9.91. The highest BCUT2D eigenvalue weighted by Gasteiger charge is 2.37. The molecule has 7 unspecified atom stereocenters. The van der Waals surface area contributed by atoms with Gasteiger partial charge in [-0.25, -0.2) is 4.79 Å². The molecule has 7 atom stereocenters. The Morgan fingerprint density at radius 2 is 1.86 bits per heavy atom. The fraction of sp³-hybridized carbons (Fsp3) is 0.600. The van der Waals surface area contributed by atoms with Crippen LogP contribution in [0.2, 0.25) is 0 Å². The topological polar surface area (TPSA) is 71.1 Å². The van der Waals surface area contributed by atoms with E-state index in [4.69, 9.17) is 18.9 Å². The van der Waals surface area contributed by atoms with E-state index in [1.165, 1.54) is 11.6 Å². The van der Waals surface area contributed by atoms with Gasteiger partial charge < -0.3 is 18.9 Å². The minimum atomic E-state index is -0.450. The lowest BCUT2D eigenvalue weighted by Gasteiger charge is -2.28. The molecule has 0 aromatic rings. The lowest BCUT2D eigenvalue weighted by molar-refractivity contribution is -0.144. The molecule has 36 heavy (non-hydrogen) atoms. The van der Waals surface area contributed by atoms with Crippen LogP contribution >= 0.6 is 0 Å². The average molecular weight is 497 g/mol. The Kier molecular flexibility index (Phi) is 9.52. The summed E-state index contributed by atoms with van der Waals surface area (Å²) in [6, 6.07) is 0. The summed E-state index contributed by atoms with van der Waals surface area (Å²) < 4.78 is 24.0. The number of Topliss-reactive ketones (excluding diaryl/α,β-unsaturated/α-hetero) is 1. The molecule has 4 heterocycles. The number of ketones is 1. The highest BCUT2D eigenvalue weighted by atomic mass is 16.6. The third kappa shape index (κ3) is 8.12. The van der Waals surface area contributed by atoms with E-state index in [0.29, 0.717) is 38.2 Å². The Bertz CT molecular complexity index is 928. The van der Waals surface area contributed by atoms with Crippen molar-refractivity contribution in [2.45, 2.75) is 102 Å². The number of esters is 1. The molecule has 0 radical (unpaired) electrons. The zero-order chi connectivity index (χ0) is 25.5. The van der Waals surface area contributed by atoms with Gasteiger partial charge in [0.05, 0.1) is 31.0 Å². The molecule has 0 aromatic carbocycles. The fourth-order valence-corrected chi connectivity index (χ4v) is 5.51. The zero-order valence-electron chi connectivity index (χ0n) is 21.6. The second kappa shape index (κ2) is 12.8. The molecule has 0 amide bonds. The van der Waals surface area contributed by atoms with Crippen molar-refractivity contribution >= 4 is 11.8 Å². The molecule has 0 N–H and O–H groups in total. The van der Waals surface area contributed by atoms with Crippen LogP contribution in [0.25, 0.3) is 0 Å². The van der Waals surface area contributed by atoms with Gasteiger partial charge >= 0.3 is 5.97 Å². The van der Waals surface area contributed by atoms with Crippen LogP contribution in [0.1, 0.15) is 65.2 Å². The lowest BCUT2D eigenvalue weighted by Crippen LogP contribution is -2.26. The van der Waals surface area contributed by atoms with Gasteiger partial charge in [-0.05, 0) is 44.9 Å². The summed E-state index contributed by atoms with van der Waals surface area (Å²) in [5.74, 6) is 0.0938. The van der Waals surface area contributed by atoms with Gasteiger partial charge in [0.2, 0.25) is 0 Å². The quantitative estimate of drug-likeness (QED) is 0.380. The van der Waals surface area contributed by atoms with Crippen LogP contribution in [0.3, 0.4) is 0 Å². The Hall–Kier alpha value is -2.28. The number of rotatable bonds is 2. The molecule has 6 heteroatoms. The van der Waals surface area contributed by atoms with Crippen molar-refractivity contribution in [1.82, 2.24) is 0 Å². The van der Waals surface area contributed by atoms with Gasteiger partial charge in [0, 0.05) is 25.3 Å². The molecule has 0 saturated carbocycles. The summed E-state index contributed by atoms with van der Waals surface area (Å²) in [6.45, 7) is 9.05. The van der Waals surface area contributed by atoms with Crippen LogP contribution in [0.4, 0.5) is 0 Å². The Morgan fingerprint density at radius 1 is 1.00 bits per heavy atom. The second-order valence-corrected chi connectivity index (χ2v) is 10.8. The maximum atomic E-state index is 12.8. The number of hydrogen-bond acceptors (Lipinski definition) is 6. The molecule has 4 bridgehead atoms. The standard InChI is InChI=1S/C30H40O6/c1-20-12-13-33-25(16-20)10-11-28-29-19-27(35-28)18-23(31)15-21(2)14-22(3)17-26-8-4-6-24(34-26)7-5-9-30(32)36-29/h4-6,9-12,22,24-29H,2,7-8,13-19H2,1,3H3/b9-5-,11-10+. The minimum absolute atomic E-state index is 0.0253. The van der Waals surface area contributed by atoms with E-state index in [9.17, 15) is 9.59 Å². The third-order valence-electron chi connectivity index (χ3n) is 7.20. The van der Waals surface area contributed by atoms with Crippen molar-refractivity contribution in [3.05, 3.63) is 60.3 Å². The van der Waals surface area contributed by atoms with E-state index < -0.39 is 18.2 Å².